The van der Waals surface area contributed by atoms with Crippen LogP contribution in [0.5, 0.6) is 0 Å². The zero-order chi connectivity index (χ0) is 19.0. The zero-order valence-electron chi connectivity index (χ0n) is 15.5. The Balaban J connectivity index is 4.09. The predicted octanol–water partition coefficient (Wildman–Crippen LogP) is 2.86. The van der Waals surface area contributed by atoms with Crippen LogP contribution in [0.15, 0.2) is 0 Å². The molecule has 0 aliphatic carbocycles. The molecule has 0 rings (SSSR count). The normalized spacial score (nSPS) is 12.9. The molecule has 0 spiro atoms. The van der Waals surface area contributed by atoms with Crippen molar-refractivity contribution < 1.29 is 19.1 Å². The molecule has 1 atom stereocenters. The molecule has 24 heavy (non-hydrogen) atoms. The summed E-state index contributed by atoms with van der Waals surface area (Å²) < 4.78 is 10.3. The molecule has 8 heteroatoms. The maximum Gasteiger partial charge on any atom is 0.408 e. The van der Waals surface area contributed by atoms with Gasteiger partial charge in [0.2, 0.25) is 0 Å². The Hall–Kier alpha value is -1.57. The SMILES string of the molecule is CC(C)(C)OC(=O)NCCCC[C@H](NC(=O)OC(C)(C)C)C(N)=S. The van der Waals surface area contributed by atoms with E-state index in [2.05, 4.69) is 10.6 Å². The van der Waals surface area contributed by atoms with E-state index in [1.54, 1.807) is 20.8 Å². The number of rotatable bonds is 7. The Kier molecular flexibility index (Phi) is 9.03. The summed E-state index contributed by atoms with van der Waals surface area (Å²) in [6.07, 6.45) is 1.03. The summed E-state index contributed by atoms with van der Waals surface area (Å²) in [4.78, 5) is 23.5. The molecule has 0 aromatic rings. The third kappa shape index (κ3) is 12.9. The average Bonchev–Trinajstić information content (AvgIpc) is 2.32. The van der Waals surface area contributed by atoms with E-state index in [0.29, 0.717) is 19.4 Å². The highest BCUT2D eigenvalue weighted by Crippen LogP contribution is 2.09. The number of amides is 2. The lowest BCUT2D eigenvalue weighted by atomic mass is 10.1. The van der Waals surface area contributed by atoms with Gasteiger partial charge in [0.05, 0.1) is 11.0 Å². The van der Waals surface area contributed by atoms with Gasteiger partial charge in [-0.25, -0.2) is 9.59 Å². The molecule has 0 aromatic heterocycles. The van der Waals surface area contributed by atoms with Crippen LogP contribution in [0, 0.1) is 0 Å². The first-order chi connectivity index (χ1) is 10.8. The number of ether oxygens (including phenoxy) is 2. The van der Waals surface area contributed by atoms with E-state index >= 15 is 0 Å². The van der Waals surface area contributed by atoms with Gasteiger partial charge in [0.25, 0.3) is 0 Å². The Bertz CT molecular complexity index is 442. The van der Waals surface area contributed by atoms with Gasteiger partial charge in [-0.1, -0.05) is 12.2 Å². The summed E-state index contributed by atoms with van der Waals surface area (Å²) in [5, 5.41) is 5.34. The molecule has 140 valence electrons. The fraction of sp³-hybridized carbons (Fsp3) is 0.812. The molecule has 0 heterocycles. The third-order valence-electron chi connectivity index (χ3n) is 2.62. The second kappa shape index (κ2) is 9.66. The molecule has 0 fully saturated rings. The first kappa shape index (κ1) is 22.4. The minimum Gasteiger partial charge on any atom is -0.444 e. The molecular formula is C16H31N3O4S. The maximum absolute atomic E-state index is 11.8. The average molecular weight is 362 g/mol. The summed E-state index contributed by atoms with van der Waals surface area (Å²) in [6, 6.07) is -0.434. The van der Waals surface area contributed by atoms with Gasteiger partial charge < -0.3 is 25.8 Å². The Morgan fingerprint density at radius 2 is 1.50 bits per heavy atom. The number of unbranched alkanes of at least 4 members (excludes halogenated alkanes) is 1. The highest BCUT2D eigenvalue weighted by molar-refractivity contribution is 7.80. The Morgan fingerprint density at radius 3 is 1.96 bits per heavy atom. The summed E-state index contributed by atoms with van der Waals surface area (Å²) in [5.41, 5.74) is 4.56. The van der Waals surface area contributed by atoms with Crippen LogP contribution >= 0.6 is 12.2 Å². The first-order valence-corrected chi connectivity index (χ1v) is 8.46. The van der Waals surface area contributed by atoms with Crippen molar-refractivity contribution in [1.29, 1.82) is 0 Å². The smallest absolute Gasteiger partial charge is 0.408 e. The van der Waals surface area contributed by atoms with Crippen molar-refractivity contribution in [2.75, 3.05) is 6.54 Å². The second-order valence-electron chi connectivity index (χ2n) is 7.53. The second-order valence-corrected chi connectivity index (χ2v) is 8.00. The highest BCUT2D eigenvalue weighted by atomic mass is 32.1. The quantitative estimate of drug-likeness (QED) is 0.476. The van der Waals surface area contributed by atoms with E-state index < -0.39 is 29.4 Å². The van der Waals surface area contributed by atoms with Crippen molar-refractivity contribution in [3.8, 4) is 0 Å². The van der Waals surface area contributed by atoms with Gasteiger partial charge in [-0.15, -0.1) is 0 Å². The standard InChI is InChI=1S/C16H31N3O4S/c1-15(2,3)22-13(20)18-10-8-7-9-11(12(17)24)19-14(21)23-16(4,5)6/h11H,7-10H2,1-6H3,(H2,17,24)(H,18,20)(H,19,21)/t11-/m0/s1. The maximum atomic E-state index is 11.8. The minimum absolute atomic E-state index is 0.209. The van der Waals surface area contributed by atoms with Crippen LogP contribution < -0.4 is 16.4 Å². The van der Waals surface area contributed by atoms with E-state index in [9.17, 15) is 9.59 Å². The van der Waals surface area contributed by atoms with Crippen LogP contribution in [0.3, 0.4) is 0 Å². The van der Waals surface area contributed by atoms with Crippen molar-refractivity contribution in [1.82, 2.24) is 10.6 Å². The molecule has 0 aromatic carbocycles. The van der Waals surface area contributed by atoms with Gasteiger partial charge >= 0.3 is 12.2 Å². The molecular weight excluding hydrogens is 330 g/mol. The van der Waals surface area contributed by atoms with Crippen molar-refractivity contribution in [3.05, 3.63) is 0 Å². The minimum atomic E-state index is -0.581. The summed E-state index contributed by atoms with van der Waals surface area (Å²) >= 11 is 4.97. The molecule has 0 saturated heterocycles. The number of thiocarbonyl (C=S) groups is 1. The number of nitrogens with one attached hydrogen (secondary N) is 2. The van der Waals surface area contributed by atoms with Crippen molar-refractivity contribution in [3.63, 3.8) is 0 Å². The Labute approximate surface area is 150 Å². The topological polar surface area (TPSA) is 103 Å². The van der Waals surface area contributed by atoms with Crippen molar-refractivity contribution >= 4 is 29.4 Å². The van der Waals surface area contributed by atoms with Crippen molar-refractivity contribution in [2.45, 2.75) is 78.0 Å². The largest absolute Gasteiger partial charge is 0.444 e. The van der Waals surface area contributed by atoms with Gasteiger partial charge in [-0.3, -0.25) is 0 Å². The number of carbonyl (C=O) groups is 2. The zero-order valence-corrected chi connectivity index (χ0v) is 16.3. The van der Waals surface area contributed by atoms with Crippen LogP contribution in [0.2, 0.25) is 0 Å². The van der Waals surface area contributed by atoms with Crippen LogP contribution in [-0.2, 0) is 9.47 Å². The van der Waals surface area contributed by atoms with Gasteiger partial charge in [0, 0.05) is 6.54 Å². The molecule has 0 aliphatic rings. The Morgan fingerprint density at radius 1 is 1.00 bits per heavy atom. The summed E-state index contributed by atoms with van der Waals surface area (Å²) in [6.45, 7) is 11.2. The summed E-state index contributed by atoms with van der Waals surface area (Å²) in [5.74, 6) is 0. The van der Waals surface area contributed by atoms with E-state index in [-0.39, 0.29) is 4.99 Å². The molecule has 4 N–H and O–H groups in total. The summed E-state index contributed by atoms with van der Waals surface area (Å²) in [7, 11) is 0. The molecule has 0 aliphatic heterocycles. The lowest BCUT2D eigenvalue weighted by Gasteiger charge is -2.23. The molecule has 0 unspecified atom stereocenters. The monoisotopic (exact) mass is 361 g/mol. The van der Waals surface area contributed by atoms with Crippen LogP contribution in [0.25, 0.3) is 0 Å². The van der Waals surface area contributed by atoms with Gasteiger partial charge in [-0.2, -0.15) is 0 Å². The van der Waals surface area contributed by atoms with Crippen LogP contribution in [-0.4, -0.2) is 41.0 Å². The van der Waals surface area contributed by atoms with Gasteiger partial charge in [0.1, 0.15) is 11.2 Å². The number of hydrogen-bond acceptors (Lipinski definition) is 5. The fourth-order valence-electron chi connectivity index (χ4n) is 1.71. The molecule has 7 nitrogen and oxygen atoms in total. The van der Waals surface area contributed by atoms with E-state index in [4.69, 9.17) is 27.4 Å². The lowest BCUT2D eigenvalue weighted by molar-refractivity contribution is 0.0512. The molecule has 0 saturated carbocycles. The van der Waals surface area contributed by atoms with Crippen LogP contribution in [0.1, 0.15) is 60.8 Å². The van der Waals surface area contributed by atoms with Gasteiger partial charge in [-0.05, 0) is 60.8 Å². The van der Waals surface area contributed by atoms with E-state index in [0.717, 1.165) is 6.42 Å². The first-order valence-electron chi connectivity index (χ1n) is 8.06. The van der Waals surface area contributed by atoms with Crippen LogP contribution in [0.4, 0.5) is 9.59 Å². The highest BCUT2D eigenvalue weighted by Gasteiger charge is 2.21. The number of nitrogens with two attached hydrogens (primary N) is 1. The van der Waals surface area contributed by atoms with Gasteiger partial charge in [0.15, 0.2) is 0 Å². The molecule has 2 amide bonds. The fourth-order valence-corrected chi connectivity index (χ4v) is 1.89. The van der Waals surface area contributed by atoms with Crippen molar-refractivity contribution in [2.24, 2.45) is 5.73 Å². The van der Waals surface area contributed by atoms with E-state index in [1.165, 1.54) is 0 Å². The number of hydrogen-bond donors (Lipinski definition) is 3. The van der Waals surface area contributed by atoms with E-state index in [1.807, 2.05) is 20.8 Å². The lowest BCUT2D eigenvalue weighted by Crippen LogP contribution is -2.45. The molecule has 0 bridgehead atoms. The predicted molar refractivity (Wildman–Crippen MR) is 98.0 cm³/mol. The molecule has 0 radical (unpaired) electrons. The third-order valence-corrected chi connectivity index (χ3v) is 2.91. The number of carbonyl (C=O) groups excluding carboxylic acids is 2. The number of alkyl carbamates (subject to hydrolysis) is 2.